The molecule has 1 aliphatic heterocycles. The molecule has 0 radical (unpaired) electrons. The van der Waals surface area contributed by atoms with Crippen LogP contribution in [-0.4, -0.2) is 48.3 Å². The first kappa shape index (κ1) is 18.2. The standard InChI is InChI=1S/C19H27NO2S/c1-4-10-19(3,20-11-13-22-14-12-20)18(21)16-6-8-17(9-7-16)23-15-5-2/h5-9H,2,4,10-15H2,1,3H3. The van der Waals surface area contributed by atoms with E-state index in [9.17, 15) is 4.79 Å². The van der Waals surface area contributed by atoms with Gasteiger partial charge in [-0.1, -0.05) is 31.6 Å². The molecule has 1 unspecified atom stereocenters. The molecule has 1 aromatic rings. The smallest absolute Gasteiger partial charge is 0.182 e. The van der Waals surface area contributed by atoms with Crippen molar-refractivity contribution in [2.45, 2.75) is 37.1 Å². The van der Waals surface area contributed by atoms with E-state index in [4.69, 9.17) is 4.74 Å². The van der Waals surface area contributed by atoms with E-state index in [1.54, 1.807) is 11.8 Å². The van der Waals surface area contributed by atoms with E-state index < -0.39 is 5.54 Å². The van der Waals surface area contributed by atoms with E-state index in [-0.39, 0.29) is 5.78 Å². The number of rotatable bonds is 8. The first-order chi connectivity index (χ1) is 11.1. The lowest BCUT2D eigenvalue weighted by atomic mass is 9.85. The van der Waals surface area contributed by atoms with Gasteiger partial charge in [0.2, 0.25) is 0 Å². The summed E-state index contributed by atoms with van der Waals surface area (Å²) in [6.45, 7) is 11.0. The lowest BCUT2D eigenvalue weighted by Crippen LogP contribution is -2.56. The SMILES string of the molecule is C=CCSc1ccc(C(=O)C(C)(CCC)N2CCOCC2)cc1. The average Bonchev–Trinajstić information content (AvgIpc) is 2.60. The van der Waals surface area contributed by atoms with Gasteiger partial charge in [0.15, 0.2) is 5.78 Å². The van der Waals surface area contributed by atoms with Gasteiger partial charge in [-0.15, -0.1) is 18.3 Å². The van der Waals surface area contributed by atoms with E-state index in [0.717, 1.165) is 37.2 Å². The number of hydrogen-bond acceptors (Lipinski definition) is 4. The molecule has 126 valence electrons. The van der Waals surface area contributed by atoms with Crippen LogP contribution in [0.4, 0.5) is 0 Å². The minimum atomic E-state index is -0.436. The highest BCUT2D eigenvalue weighted by Crippen LogP contribution is 2.28. The Bertz CT molecular complexity index is 523. The molecule has 23 heavy (non-hydrogen) atoms. The van der Waals surface area contributed by atoms with Crippen LogP contribution in [0.25, 0.3) is 0 Å². The zero-order valence-corrected chi connectivity index (χ0v) is 15.0. The molecule has 0 bridgehead atoms. The number of hydrogen-bond donors (Lipinski definition) is 0. The summed E-state index contributed by atoms with van der Waals surface area (Å²) in [5.41, 5.74) is 0.365. The van der Waals surface area contributed by atoms with Crippen molar-refractivity contribution < 1.29 is 9.53 Å². The minimum Gasteiger partial charge on any atom is -0.379 e. The molecule has 1 heterocycles. The molecule has 0 saturated carbocycles. The first-order valence-electron chi connectivity index (χ1n) is 8.33. The fourth-order valence-corrected chi connectivity index (χ4v) is 3.77. The quantitative estimate of drug-likeness (QED) is 0.408. The number of Topliss-reactive ketones (excluding diaryl/α,β-unsaturated/α-hetero) is 1. The second-order valence-corrected chi connectivity index (χ2v) is 7.17. The van der Waals surface area contributed by atoms with Crippen LogP contribution in [0.3, 0.4) is 0 Å². The maximum atomic E-state index is 13.2. The monoisotopic (exact) mass is 333 g/mol. The van der Waals surface area contributed by atoms with Crippen molar-refractivity contribution in [3.8, 4) is 0 Å². The normalized spacial score (nSPS) is 18.3. The summed E-state index contributed by atoms with van der Waals surface area (Å²) >= 11 is 1.73. The minimum absolute atomic E-state index is 0.224. The molecule has 0 amide bonds. The molecule has 1 atom stereocenters. The van der Waals surface area contributed by atoms with E-state index in [1.807, 2.05) is 30.3 Å². The summed E-state index contributed by atoms with van der Waals surface area (Å²) in [6.07, 6.45) is 3.76. The largest absolute Gasteiger partial charge is 0.379 e. The van der Waals surface area contributed by atoms with Crippen molar-refractivity contribution in [3.05, 3.63) is 42.5 Å². The van der Waals surface area contributed by atoms with E-state index in [0.29, 0.717) is 13.2 Å². The molecule has 2 rings (SSSR count). The van der Waals surface area contributed by atoms with E-state index in [2.05, 4.69) is 25.3 Å². The van der Waals surface area contributed by atoms with Crippen molar-refractivity contribution in [2.75, 3.05) is 32.1 Å². The highest BCUT2D eigenvalue weighted by atomic mass is 32.2. The van der Waals surface area contributed by atoms with Crippen molar-refractivity contribution in [1.29, 1.82) is 0 Å². The molecule has 4 heteroatoms. The predicted octanol–water partition coefficient (Wildman–Crippen LogP) is 4.04. The number of morpholine rings is 1. The Morgan fingerprint density at radius 2 is 2.00 bits per heavy atom. The number of ketones is 1. The summed E-state index contributed by atoms with van der Waals surface area (Å²) in [5.74, 6) is 1.11. The Hall–Kier alpha value is -1.10. The number of thioether (sulfide) groups is 1. The topological polar surface area (TPSA) is 29.5 Å². The van der Waals surface area contributed by atoms with Gasteiger partial charge in [-0.3, -0.25) is 9.69 Å². The number of benzene rings is 1. The number of nitrogens with zero attached hydrogens (tertiary/aromatic N) is 1. The average molecular weight is 333 g/mol. The van der Waals surface area contributed by atoms with Gasteiger partial charge in [0.25, 0.3) is 0 Å². The van der Waals surface area contributed by atoms with Crippen LogP contribution >= 0.6 is 11.8 Å². The van der Waals surface area contributed by atoms with Crippen LogP contribution < -0.4 is 0 Å². The lowest BCUT2D eigenvalue weighted by Gasteiger charge is -2.42. The molecule has 0 aromatic heterocycles. The zero-order chi connectivity index (χ0) is 16.7. The molecular formula is C19H27NO2S. The van der Waals surface area contributed by atoms with E-state index in [1.165, 1.54) is 4.90 Å². The zero-order valence-electron chi connectivity index (χ0n) is 14.2. The third-order valence-corrected chi connectivity index (χ3v) is 5.43. The molecule has 1 aliphatic rings. The van der Waals surface area contributed by atoms with Crippen molar-refractivity contribution >= 4 is 17.5 Å². The van der Waals surface area contributed by atoms with Gasteiger partial charge in [0.1, 0.15) is 0 Å². The summed E-state index contributed by atoms with van der Waals surface area (Å²) in [6, 6.07) is 7.99. The Balaban J connectivity index is 2.17. The molecule has 1 saturated heterocycles. The van der Waals surface area contributed by atoms with Crippen molar-refractivity contribution in [2.24, 2.45) is 0 Å². The van der Waals surface area contributed by atoms with Gasteiger partial charge in [0.05, 0.1) is 18.8 Å². The molecule has 1 aromatic carbocycles. The highest BCUT2D eigenvalue weighted by Gasteiger charge is 2.39. The summed E-state index contributed by atoms with van der Waals surface area (Å²) in [7, 11) is 0. The van der Waals surface area contributed by atoms with Crippen molar-refractivity contribution in [3.63, 3.8) is 0 Å². The number of carbonyl (C=O) groups excluding carboxylic acids is 1. The molecular weight excluding hydrogens is 306 g/mol. The third kappa shape index (κ3) is 4.46. The molecule has 0 N–H and O–H groups in total. The van der Waals surface area contributed by atoms with Gasteiger partial charge >= 0.3 is 0 Å². The maximum absolute atomic E-state index is 13.2. The predicted molar refractivity (Wildman–Crippen MR) is 97.4 cm³/mol. The fraction of sp³-hybridized carbons (Fsp3) is 0.526. The number of carbonyl (C=O) groups is 1. The molecule has 0 spiro atoms. The van der Waals surface area contributed by atoms with Gasteiger partial charge in [-0.25, -0.2) is 0 Å². The van der Waals surface area contributed by atoms with Gasteiger partial charge in [-0.2, -0.15) is 0 Å². The van der Waals surface area contributed by atoms with Crippen LogP contribution in [0.1, 0.15) is 37.0 Å². The fourth-order valence-electron chi connectivity index (χ4n) is 3.13. The molecule has 1 fully saturated rings. The van der Waals surface area contributed by atoms with Gasteiger partial charge in [0, 0.05) is 29.3 Å². The van der Waals surface area contributed by atoms with Crippen LogP contribution in [-0.2, 0) is 4.74 Å². The second-order valence-electron chi connectivity index (χ2n) is 6.08. The van der Waals surface area contributed by atoms with Crippen LogP contribution in [0.5, 0.6) is 0 Å². The van der Waals surface area contributed by atoms with Gasteiger partial charge < -0.3 is 4.74 Å². The van der Waals surface area contributed by atoms with E-state index >= 15 is 0 Å². The van der Waals surface area contributed by atoms with Gasteiger partial charge in [-0.05, 0) is 25.5 Å². The lowest BCUT2D eigenvalue weighted by molar-refractivity contribution is -0.0122. The summed E-state index contributed by atoms with van der Waals surface area (Å²) in [4.78, 5) is 16.6. The van der Waals surface area contributed by atoms with Crippen LogP contribution in [0.15, 0.2) is 41.8 Å². The highest BCUT2D eigenvalue weighted by molar-refractivity contribution is 7.99. The molecule has 3 nitrogen and oxygen atoms in total. The third-order valence-electron chi connectivity index (χ3n) is 4.42. The first-order valence-corrected chi connectivity index (χ1v) is 9.31. The Morgan fingerprint density at radius 3 is 2.57 bits per heavy atom. The van der Waals surface area contributed by atoms with Crippen molar-refractivity contribution in [1.82, 2.24) is 4.90 Å². The molecule has 0 aliphatic carbocycles. The Labute approximate surface area is 144 Å². The summed E-state index contributed by atoms with van der Waals surface area (Å²) in [5, 5.41) is 0. The van der Waals surface area contributed by atoms with Crippen LogP contribution in [0, 0.1) is 0 Å². The van der Waals surface area contributed by atoms with Crippen LogP contribution in [0.2, 0.25) is 0 Å². The second kappa shape index (κ2) is 8.67. The Morgan fingerprint density at radius 1 is 1.35 bits per heavy atom. The Kier molecular flexibility index (Phi) is 6.88. The summed E-state index contributed by atoms with van der Waals surface area (Å²) < 4.78 is 5.45. The maximum Gasteiger partial charge on any atom is 0.182 e. The number of ether oxygens (including phenoxy) is 1.